The van der Waals surface area contributed by atoms with Crippen molar-refractivity contribution in [1.29, 1.82) is 0 Å². The van der Waals surface area contributed by atoms with Gasteiger partial charge >= 0.3 is 0 Å². The smallest absolute Gasteiger partial charge is 0.126 e. The molecule has 0 amide bonds. The molecule has 0 radical (unpaired) electrons. The van der Waals surface area contributed by atoms with E-state index in [4.69, 9.17) is 4.74 Å². The van der Waals surface area contributed by atoms with E-state index in [2.05, 4.69) is 12.2 Å². The van der Waals surface area contributed by atoms with Crippen LogP contribution in [0.4, 0.5) is 4.39 Å². The molecule has 0 saturated heterocycles. The lowest BCUT2D eigenvalue weighted by Gasteiger charge is -2.20. The van der Waals surface area contributed by atoms with Gasteiger partial charge in [-0.15, -0.1) is 0 Å². The lowest BCUT2D eigenvalue weighted by Crippen LogP contribution is -2.32. The van der Waals surface area contributed by atoms with Crippen LogP contribution in [0.5, 0.6) is 5.75 Å². The van der Waals surface area contributed by atoms with Crippen LogP contribution in [0, 0.1) is 12.7 Å². The molecule has 1 atom stereocenters. The summed E-state index contributed by atoms with van der Waals surface area (Å²) in [5.74, 6) is 0.437. The molecule has 2 rings (SSSR count). The Labute approximate surface area is 109 Å². The van der Waals surface area contributed by atoms with Crippen molar-refractivity contribution in [3.05, 3.63) is 29.6 Å². The van der Waals surface area contributed by atoms with Gasteiger partial charge in [-0.1, -0.05) is 19.4 Å². The maximum atomic E-state index is 13.2. The maximum Gasteiger partial charge on any atom is 0.126 e. The minimum absolute atomic E-state index is 0.135. The number of ether oxygens (including phenoxy) is 1. The first-order valence-corrected chi connectivity index (χ1v) is 6.85. The zero-order chi connectivity index (χ0) is 13.0. The van der Waals surface area contributed by atoms with Gasteiger partial charge in [-0.05, 0) is 37.8 Å². The third kappa shape index (κ3) is 3.98. The first-order valence-electron chi connectivity index (χ1n) is 6.85. The van der Waals surface area contributed by atoms with Crippen molar-refractivity contribution in [2.75, 3.05) is 6.54 Å². The molecular formula is C15H22FNO. The summed E-state index contributed by atoms with van der Waals surface area (Å²) >= 11 is 0. The highest BCUT2D eigenvalue weighted by atomic mass is 19.1. The molecule has 1 N–H and O–H groups in total. The minimum atomic E-state index is -0.235. The van der Waals surface area contributed by atoms with Gasteiger partial charge in [0.1, 0.15) is 17.7 Å². The number of benzene rings is 1. The van der Waals surface area contributed by atoms with E-state index in [0.717, 1.165) is 24.9 Å². The summed E-state index contributed by atoms with van der Waals surface area (Å²) in [6, 6.07) is 5.40. The predicted octanol–water partition coefficient (Wildman–Crippen LogP) is 3.43. The van der Waals surface area contributed by atoms with Crippen LogP contribution in [-0.2, 0) is 0 Å². The third-order valence-corrected chi connectivity index (χ3v) is 3.27. The Balaban J connectivity index is 1.94. The lowest BCUT2D eigenvalue weighted by molar-refractivity contribution is 0.184. The quantitative estimate of drug-likeness (QED) is 0.801. The highest BCUT2D eigenvalue weighted by Gasteiger charge is 2.22. The summed E-state index contributed by atoms with van der Waals surface area (Å²) in [5, 5.41) is 3.48. The zero-order valence-electron chi connectivity index (χ0n) is 11.2. The first-order chi connectivity index (χ1) is 8.69. The molecule has 2 nitrogen and oxygen atoms in total. The van der Waals surface area contributed by atoms with Crippen molar-refractivity contribution in [3.8, 4) is 5.75 Å². The van der Waals surface area contributed by atoms with Crippen molar-refractivity contribution in [2.24, 2.45) is 0 Å². The molecule has 1 aliphatic rings. The highest BCUT2D eigenvalue weighted by molar-refractivity contribution is 5.32. The van der Waals surface area contributed by atoms with Crippen LogP contribution in [0.1, 0.15) is 38.2 Å². The Morgan fingerprint density at radius 3 is 2.89 bits per heavy atom. The average Bonchev–Trinajstić information content (AvgIpc) is 3.15. The second-order valence-electron chi connectivity index (χ2n) is 5.12. The molecule has 1 fully saturated rings. The fraction of sp³-hybridized carbons (Fsp3) is 0.600. The number of halogens is 1. The van der Waals surface area contributed by atoms with Crippen molar-refractivity contribution in [3.63, 3.8) is 0 Å². The van der Waals surface area contributed by atoms with Crippen LogP contribution in [0.3, 0.4) is 0 Å². The predicted molar refractivity (Wildman–Crippen MR) is 71.5 cm³/mol. The lowest BCUT2D eigenvalue weighted by atomic mass is 10.2. The number of aryl methyl sites for hydroxylation is 1. The summed E-state index contributed by atoms with van der Waals surface area (Å²) in [5.41, 5.74) is 0.990. The second-order valence-corrected chi connectivity index (χ2v) is 5.12. The molecule has 0 bridgehead atoms. The average molecular weight is 251 g/mol. The summed E-state index contributed by atoms with van der Waals surface area (Å²) in [4.78, 5) is 0. The van der Waals surface area contributed by atoms with Gasteiger partial charge in [0, 0.05) is 18.7 Å². The van der Waals surface area contributed by atoms with E-state index in [9.17, 15) is 4.39 Å². The van der Waals surface area contributed by atoms with Gasteiger partial charge in [0.25, 0.3) is 0 Å². The number of nitrogens with one attached hydrogen (secondary N) is 1. The number of hydrogen-bond acceptors (Lipinski definition) is 2. The Bertz CT molecular complexity index is 390. The Morgan fingerprint density at radius 1 is 1.44 bits per heavy atom. The van der Waals surface area contributed by atoms with E-state index in [0.29, 0.717) is 11.8 Å². The molecule has 100 valence electrons. The summed E-state index contributed by atoms with van der Waals surface area (Å²) in [7, 11) is 0. The first kappa shape index (κ1) is 13.3. The van der Waals surface area contributed by atoms with Gasteiger partial charge in [-0.3, -0.25) is 0 Å². The molecule has 18 heavy (non-hydrogen) atoms. The van der Waals surface area contributed by atoms with Gasteiger partial charge in [0.05, 0.1) is 0 Å². The minimum Gasteiger partial charge on any atom is -0.489 e. The van der Waals surface area contributed by atoms with Crippen molar-refractivity contribution in [1.82, 2.24) is 5.32 Å². The second kappa shape index (κ2) is 6.19. The molecule has 3 heteroatoms. The van der Waals surface area contributed by atoms with E-state index in [1.165, 1.54) is 25.0 Å². The highest BCUT2D eigenvalue weighted by Crippen LogP contribution is 2.22. The Morgan fingerprint density at radius 2 is 2.22 bits per heavy atom. The maximum absolute atomic E-state index is 13.2. The normalized spacial score (nSPS) is 16.6. The van der Waals surface area contributed by atoms with Gasteiger partial charge in [0.2, 0.25) is 0 Å². The molecule has 1 unspecified atom stereocenters. The third-order valence-electron chi connectivity index (χ3n) is 3.27. The van der Waals surface area contributed by atoms with E-state index < -0.39 is 0 Å². The Hall–Kier alpha value is -1.09. The fourth-order valence-corrected chi connectivity index (χ4v) is 1.99. The molecule has 1 aromatic carbocycles. The van der Waals surface area contributed by atoms with E-state index in [-0.39, 0.29) is 11.9 Å². The van der Waals surface area contributed by atoms with Crippen molar-refractivity contribution in [2.45, 2.75) is 51.7 Å². The SMILES string of the molecule is CCCC(CNC1CC1)Oc1cc(F)ccc1C. The molecule has 1 aromatic rings. The van der Waals surface area contributed by atoms with Gasteiger partial charge in [-0.2, -0.15) is 0 Å². The summed E-state index contributed by atoms with van der Waals surface area (Å²) < 4.78 is 19.2. The molecule has 1 aliphatic carbocycles. The van der Waals surface area contributed by atoms with E-state index >= 15 is 0 Å². The van der Waals surface area contributed by atoms with Gasteiger partial charge in [0.15, 0.2) is 0 Å². The van der Waals surface area contributed by atoms with Gasteiger partial charge in [-0.25, -0.2) is 4.39 Å². The van der Waals surface area contributed by atoms with Crippen LogP contribution in [0.25, 0.3) is 0 Å². The van der Waals surface area contributed by atoms with Crippen LogP contribution in [-0.4, -0.2) is 18.7 Å². The van der Waals surface area contributed by atoms with Crippen LogP contribution < -0.4 is 10.1 Å². The molecule has 1 saturated carbocycles. The van der Waals surface area contributed by atoms with Crippen LogP contribution >= 0.6 is 0 Å². The van der Waals surface area contributed by atoms with E-state index in [1.807, 2.05) is 6.92 Å². The number of rotatable bonds is 7. The molecule has 0 aliphatic heterocycles. The van der Waals surface area contributed by atoms with Crippen LogP contribution in [0.2, 0.25) is 0 Å². The monoisotopic (exact) mass is 251 g/mol. The van der Waals surface area contributed by atoms with Crippen LogP contribution in [0.15, 0.2) is 18.2 Å². The Kier molecular flexibility index (Phi) is 4.59. The zero-order valence-corrected chi connectivity index (χ0v) is 11.2. The summed E-state index contributed by atoms with van der Waals surface area (Å²) in [6.07, 6.45) is 4.76. The fourth-order valence-electron chi connectivity index (χ4n) is 1.99. The molecular weight excluding hydrogens is 229 g/mol. The molecule has 0 spiro atoms. The van der Waals surface area contributed by atoms with Crippen molar-refractivity contribution < 1.29 is 9.13 Å². The summed E-state index contributed by atoms with van der Waals surface area (Å²) in [6.45, 7) is 4.95. The standard InChI is InChI=1S/C15H22FNO/c1-3-4-14(10-17-13-7-8-13)18-15-9-12(16)6-5-11(15)2/h5-6,9,13-14,17H,3-4,7-8,10H2,1-2H3. The largest absolute Gasteiger partial charge is 0.489 e. The number of hydrogen-bond donors (Lipinski definition) is 1. The van der Waals surface area contributed by atoms with Crippen molar-refractivity contribution >= 4 is 0 Å². The van der Waals surface area contributed by atoms with Gasteiger partial charge < -0.3 is 10.1 Å². The molecule has 0 aromatic heterocycles. The molecule has 0 heterocycles. The topological polar surface area (TPSA) is 21.3 Å². The van der Waals surface area contributed by atoms with E-state index in [1.54, 1.807) is 6.07 Å².